The second-order valence-corrected chi connectivity index (χ2v) is 5.47. The van der Waals surface area contributed by atoms with Crippen molar-refractivity contribution in [3.05, 3.63) is 24.3 Å². The Kier molecular flexibility index (Phi) is 6.65. The third kappa shape index (κ3) is 5.02. The van der Waals surface area contributed by atoms with Crippen molar-refractivity contribution in [2.45, 2.75) is 39.2 Å². The second kappa shape index (κ2) is 8.00. The van der Waals surface area contributed by atoms with Gasteiger partial charge in [0.25, 0.3) is 0 Å². The molecule has 21 heavy (non-hydrogen) atoms. The van der Waals surface area contributed by atoms with Crippen molar-refractivity contribution in [3.8, 4) is 0 Å². The zero-order chi connectivity index (χ0) is 15.9. The van der Waals surface area contributed by atoms with Crippen molar-refractivity contribution >= 4 is 17.3 Å². The number of rotatable bonds is 8. The van der Waals surface area contributed by atoms with Crippen LogP contribution < -0.4 is 16.0 Å². The molecule has 118 valence electrons. The summed E-state index contributed by atoms with van der Waals surface area (Å²) in [5.41, 5.74) is 6.92. The van der Waals surface area contributed by atoms with Gasteiger partial charge in [-0.15, -0.1) is 0 Å². The van der Waals surface area contributed by atoms with E-state index in [9.17, 15) is 4.79 Å². The molecule has 0 fully saturated rings. The van der Waals surface area contributed by atoms with Gasteiger partial charge >= 0.3 is 0 Å². The van der Waals surface area contributed by atoms with Crippen molar-refractivity contribution in [2.24, 2.45) is 5.73 Å². The fraction of sp³-hybridized carbons (Fsp3) is 0.562. The van der Waals surface area contributed by atoms with E-state index in [-0.39, 0.29) is 12.5 Å². The number of aliphatic hydroxyl groups excluding tert-OH is 1. The van der Waals surface area contributed by atoms with Crippen LogP contribution in [0.15, 0.2) is 24.3 Å². The van der Waals surface area contributed by atoms with Crippen LogP contribution in [0.2, 0.25) is 0 Å². The third-order valence-electron chi connectivity index (χ3n) is 3.53. The molecule has 0 spiro atoms. The number of nitrogens with one attached hydrogen (secondary N) is 1. The SMILES string of the molecule is CCCC(C)(N)C(=O)Nc1ccc(N(CC)CCO)cc1. The standard InChI is InChI=1S/C16H27N3O2/c1-4-10-16(3,17)15(21)18-13-6-8-14(9-7-13)19(5-2)11-12-20/h6-9,20H,4-5,10-12,17H2,1-3H3,(H,18,21). The van der Waals surface area contributed by atoms with E-state index < -0.39 is 5.54 Å². The number of likely N-dealkylation sites (N-methyl/N-ethyl adjacent to an activating group) is 1. The van der Waals surface area contributed by atoms with Crippen LogP contribution in [0.5, 0.6) is 0 Å². The third-order valence-corrected chi connectivity index (χ3v) is 3.53. The Hall–Kier alpha value is -1.59. The minimum absolute atomic E-state index is 0.120. The van der Waals surface area contributed by atoms with E-state index in [1.165, 1.54) is 0 Å². The predicted molar refractivity (Wildman–Crippen MR) is 87.5 cm³/mol. The molecular formula is C16H27N3O2. The van der Waals surface area contributed by atoms with Gasteiger partial charge in [-0.25, -0.2) is 0 Å². The van der Waals surface area contributed by atoms with E-state index in [0.717, 1.165) is 24.3 Å². The zero-order valence-electron chi connectivity index (χ0n) is 13.2. The van der Waals surface area contributed by atoms with Crippen LogP contribution in [-0.2, 0) is 4.79 Å². The van der Waals surface area contributed by atoms with Gasteiger partial charge in [-0.3, -0.25) is 4.79 Å². The smallest absolute Gasteiger partial charge is 0.244 e. The molecule has 5 heteroatoms. The molecular weight excluding hydrogens is 266 g/mol. The van der Waals surface area contributed by atoms with Gasteiger partial charge in [0.1, 0.15) is 0 Å². The zero-order valence-corrected chi connectivity index (χ0v) is 13.2. The molecule has 1 atom stereocenters. The first-order valence-corrected chi connectivity index (χ1v) is 7.50. The molecule has 0 saturated carbocycles. The molecule has 0 aliphatic rings. The summed E-state index contributed by atoms with van der Waals surface area (Å²) >= 11 is 0. The number of aliphatic hydroxyl groups is 1. The lowest BCUT2D eigenvalue weighted by Gasteiger charge is -2.24. The molecule has 1 aromatic rings. The van der Waals surface area contributed by atoms with Gasteiger partial charge in [0, 0.05) is 24.5 Å². The van der Waals surface area contributed by atoms with Crippen LogP contribution in [-0.4, -0.2) is 36.2 Å². The van der Waals surface area contributed by atoms with Crippen molar-refractivity contribution in [1.82, 2.24) is 0 Å². The Labute approximate surface area is 127 Å². The number of anilines is 2. The largest absolute Gasteiger partial charge is 0.395 e. The molecule has 0 aromatic heterocycles. The molecule has 0 heterocycles. The number of hydrogen-bond acceptors (Lipinski definition) is 4. The van der Waals surface area contributed by atoms with Crippen molar-refractivity contribution in [1.29, 1.82) is 0 Å². The Morgan fingerprint density at radius 1 is 1.33 bits per heavy atom. The molecule has 0 bridgehead atoms. The maximum Gasteiger partial charge on any atom is 0.244 e. The molecule has 0 aliphatic heterocycles. The summed E-state index contributed by atoms with van der Waals surface area (Å²) in [6.45, 7) is 7.34. The number of carbonyl (C=O) groups excluding carboxylic acids is 1. The number of amides is 1. The molecule has 4 N–H and O–H groups in total. The molecule has 1 aromatic carbocycles. The Balaban J connectivity index is 2.72. The summed E-state index contributed by atoms with van der Waals surface area (Å²) in [6.07, 6.45) is 1.52. The van der Waals surface area contributed by atoms with Gasteiger partial charge in [-0.05, 0) is 44.5 Å². The van der Waals surface area contributed by atoms with E-state index in [0.29, 0.717) is 13.0 Å². The van der Waals surface area contributed by atoms with E-state index in [4.69, 9.17) is 10.8 Å². The van der Waals surface area contributed by atoms with E-state index in [2.05, 4.69) is 10.2 Å². The Morgan fingerprint density at radius 3 is 2.43 bits per heavy atom. The lowest BCUT2D eigenvalue weighted by atomic mass is 9.96. The van der Waals surface area contributed by atoms with Gasteiger partial charge in [0.05, 0.1) is 12.1 Å². The summed E-state index contributed by atoms with van der Waals surface area (Å²) in [6, 6.07) is 7.58. The van der Waals surface area contributed by atoms with Crippen LogP contribution in [0.3, 0.4) is 0 Å². The normalized spacial score (nSPS) is 13.6. The van der Waals surface area contributed by atoms with Gasteiger partial charge in [-0.1, -0.05) is 13.3 Å². The maximum absolute atomic E-state index is 12.1. The molecule has 1 rings (SSSR count). The van der Waals surface area contributed by atoms with Gasteiger partial charge in [0.2, 0.25) is 5.91 Å². The Bertz CT molecular complexity index is 443. The van der Waals surface area contributed by atoms with E-state index >= 15 is 0 Å². The minimum atomic E-state index is -0.847. The molecule has 5 nitrogen and oxygen atoms in total. The lowest BCUT2D eigenvalue weighted by Crippen LogP contribution is -2.48. The highest BCUT2D eigenvalue weighted by Gasteiger charge is 2.27. The lowest BCUT2D eigenvalue weighted by molar-refractivity contribution is -0.120. The van der Waals surface area contributed by atoms with Crippen molar-refractivity contribution < 1.29 is 9.90 Å². The predicted octanol–water partition coefficient (Wildman–Crippen LogP) is 1.96. The highest BCUT2D eigenvalue weighted by molar-refractivity contribution is 5.97. The molecule has 1 amide bonds. The van der Waals surface area contributed by atoms with Crippen LogP contribution in [0, 0.1) is 0 Å². The average Bonchev–Trinajstić information content (AvgIpc) is 2.45. The Morgan fingerprint density at radius 2 is 1.95 bits per heavy atom. The van der Waals surface area contributed by atoms with Gasteiger partial charge < -0.3 is 21.1 Å². The summed E-state index contributed by atoms with van der Waals surface area (Å²) in [7, 11) is 0. The fourth-order valence-corrected chi connectivity index (χ4v) is 2.25. The van der Waals surface area contributed by atoms with E-state index in [1.54, 1.807) is 6.92 Å². The molecule has 0 radical (unpaired) electrons. The fourth-order valence-electron chi connectivity index (χ4n) is 2.25. The number of nitrogens with zero attached hydrogens (tertiary/aromatic N) is 1. The quantitative estimate of drug-likeness (QED) is 0.684. The second-order valence-electron chi connectivity index (χ2n) is 5.47. The highest BCUT2D eigenvalue weighted by Crippen LogP contribution is 2.19. The molecule has 0 aliphatic carbocycles. The monoisotopic (exact) mass is 293 g/mol. The number of nitrogens with two attached hydrogens (primary N) is 1. The number of benzene rings is 1. The summed E-state index contributed by atoms with van der Waals surface area (Å²) in [5.74, 6) is -0.167. The topological polar surface area (TPSA) is 78.6 Å². The van der Waals surface area contributed by atoms with Crippen molar-refractivity contribution in [2.75, 3.05) is 29.9 Å². The van der Waals surface area contributed by atoms with Crippen LogP contribution >= 0.6 is 0 Å². The summed E-state index contributed by atoms with van der Waals surface area (Å²) in [5, 5.41) is 11.9. The van der Waals surface area contributed by atoms with Gasteiger partial charge in [-0.2, -0.15) is 0 Å². The minimum Gasteiger partial charge on any atom is -0.395 e. The first-order chi connectivity index (χ1) is 9.94. The average molecular weight is 293 g/mol. The molecule has 0 saturated heterocycles. The first kappa shape index (κ1) is 17.5. The van der Waals surface area contributed by atoms with Gasteiger partial charge in [0.15, 0.2) is 0 Å². The summed E-state index contributed by atoms with van der Waals surface area (Å²) in [4.78, 5) is 14.2. The summed E-state index contributed by atoms with van der Waals surface area (Å²) < 4.78 is 0. The van der Waals surface area contributed by atoms with Crippen LogP contribution in [0.4, 0.5) is 11.4 Å². The first-order valence-electron chi connectivity index (χ1n) is 7.50. The van der Waals surface area contributed by atoms with Crippen LogP contribution in [0.1, 0.15) is 33.6 Å². The van der Waals surface area contributed by atoms with Crippen molar-refractivity contribution in [3.63, 3.8) is 0 Å². The van der Waals surface area contributed by atoms with Crippen LogP contribution in [0.25, 0.3) is 0 Å². The van der Waals surface area contributed by atoms with E-state index in [1.807, 2.05) is 38.1 Å². The highest BCUT2D eigenvalue weighted by atomic mass is 16.3. The number of carbonyl (C=O) groups is 1. The molecule has 1 unspecified atom stereocenters. The maximum atomic E-state index is 12.1. The number of hydrogen-bond donors (Lipinski definition) is 3.